The van der Waals surface area contributed by atoms with Gasteiger partial charge in [0.15, 0.2) is 5.82 Å². The van der Waals surface area contributed by atoms with Crippen molar-refractivity contribution in [2.45, 2.75) is 37.1 Å². The molecular formula is C19H22N4OS2. The largest absolute Gasteiger partial charge is 0.355 e. The Balaban J connectivity index is 1.51. The van der Waals surface area contributed by atoms with Gasteiger partial charge in [-0.2, -0.15) is 0 Å². The molecule has 0 radical (unpaired) electrons. The van der Waals surface area contributed by atoms with E-state index in [0.717, 1.165) is 24.2 Å². The highest BCUT2D eigenvalue weighted by atomic mass is 32.2. The molecule has 5 nitrogen and oxygen atoms in total. The molecule has 0 fully saturated rings. The summed E-state index contributed by atoms with van der Waals surface area (Å²) in [5.41, 5.74) is 2.28. The van der Waals surface area contributed by atoms with Crippen LogP contribution in [0, 0.1) is 0 Å². The molecule has 0 aliphatic carbocycles. The number of H-pyrrole nitrogens is 1. The number of thiophene rings is 1. The Labute approximate surface area is 161 Å². The standard InChI is InChI=1S/C19H22N4OS2/c1-3-14-6-8-15(9-7-14)17-21-19(23-22-17)26-13(2)18(24)20-11-10-16-5-4-12-25-16/h4-9,12-13H,3,10-11H2,1-2H3,(H,20,24)(H,21,22,23). The number of aromatic nitrogens is 3. The number of carbonyl (C=O) groups is 1. The van der Waals surface area contributed by atoms with Crippen LogP contribution in [-0.2, 0) is 17.6 Å². The third-order valence-electron chi connectivity index (χ3n) is 4.00. The molecular weight excluding hydrogens is 364 g/mol. The molecule has 0 aliphatic heterocycles. The molecule has 136 valence electrons. The molecule has 1 aromatic carbocycles. The van der Waals surface area contributed by atoms with E-state index in [1.807, 2.05) is 30.5 Å². The lowest BCUT2D eigenvalue weighted by atomic mass is 10.1. The van der Waals surface area contributed by atoms with Crippen molar-refractivity contribution >= 4 is 29.0 Å². The van der Waals surface area contributed by atoms with Gasteiger partial charge in [0.1, 0.15) is 0 Å². The Morgan fingerprint density at radius 1 is 1.31 bits per heavy atom. The van der Waals surface area contributed by atoms with E-state index in [1.54, 1.807) is 11.3 Å². The first-order chi connectivity index (χ1) is 12.7. The Kier molecular flexibility index (Phi) is 6.46. The highest BCUT2D eigenvalue weighted by Crippen LogP contribution is 2.23. The van der Waals surface area contributed by atoms with Crippen LogP contribution in [0.5, 0.6) is 0 Å². The number of rotatable bonds is 8. The van der Waals surface area contributed by atoms with E-state index in [9.17, 15) is 4.79 Å². The van der Waals surface area contributed by atoms with E-state index >= 15 is 0 Å². The predicted octanol–water partition coefficient (Wildman–Crippen LogP) is 3.94. The van der Waals surface area contributed by atoms with Crippen LogP contribution in [0.4, 0.5) is 0 Å². The normalized spacial score (nSPS) is 12.1. The van der Waals surface area contributed by atoms with E-state index in [2.05, 4.69) is 45.6 Å². The maximum Gasteiger partial charge on any atom is 0.233 e. The van der Waals surface area contributed by atoms with Crippen LogP contribution >= 0.6 is 23.1 Å². The number of aryl methyl sites for hydroxylation is 1. The molecule has 26 heavy (non-hydrogen) atoms. The highest BCUT2D eigenvalue weighted by Gasteiger charge is 2.17. The van der Waals surface area contributed by atoms with E-state index < -0.39 is 0 Å². The smallest absolute Gasteiger partial charge is 0.233 e. The van der Waals surface area contributed by atoms with Crippen LogP contribution in [0.25, 0.3) is 11.4 Å². The van der Waals surface area contributed by atoms with Crippen LogP contribution in [-0.4, -0.2) is 32.9 Å². The Morgan fingerprint density at radius 2 is 2.12 bits per heavy atom. The molecule has 1 atom stereocenters. The fourth-order valence-electron chi connectivity index (χ4n) is 2.45. The Morgan fingerprint density at radius 3 is 2.81 bits per heavy atom. The van der Waals surface area contributed by atoms with Crippen molar-refractivity contribution in [2.75, 3.05) is 6.54 Å². The SMILES string of the molecule is CCc1ccc(-c2nc(SC(C)C(=O)NCCc3cccs3)n[nH]2)cc1. The molecule has 0 bridgehead atoms. The Hall–Kier alpha value is -2.12. The average Bonchev–Trinajstić information content (AvgIpc) is 3.34. The number of amides is 1. The molecule has 0 aliphatic rings. The Bertz CT molecular complexity index is 828. The first-order valence-corrected chi connectivity index (χ1v) is 10.4. The summed E-state index contributed by atoms with van der Waals surface area (Å²) in [6.07, 6.45) is 1.87. The zero-order chi connectivity index (χ0) is 18.4. The minimum atomic E-state index is -0.246. The second-order valence-corrected chi connectivity index (χ2v) is 8.24. The van der Waals surface area contributed by atoms with E-state index in [4.69, 9.17) is 0 Å². The van der Waals surface area contributed by atoms with Crippen LogP contribution < -0.4 is 5.32 Å². The average molecular weight is 387 g/mol. The number of carbonyl (C=O) groups excluding carboxylic acids is 1. The van der Waals surface area contributed by atoms with Crippen LogP contribution in [0.1, 0.15) is 24.3 Å². The maximum absolute atomic E-state index is 12.2. The third-order valence-corrected chi connectivity index (χ3v) is 5.90. The monoisotopic (exact) mass is 386 g/mol. The van der Waals surface area contributed by atoms with Crippen molar-refractivity contribution in [3.63, 3.8) is 0 Å². The molecule has 3 aromatic rings. The second-order valence-electron chi connectivity index (χ2n) is 5.90. The van der Waals surface area contributed by atoms with Crippen LogP contribution in [0.3, 0.4) is 0 Å². The minimum Gasteiger partial charge on any atom is -0.355 e. The topological polar surface area (TPSA) is 70.7 Å². The fraction of sp³-hybridized carbons (Fsp3) is 0.316. The fourth-order valence-corrected chi connectivity index (χ4v) is 3.90. The number of hydrogen-bond donors (Lipinski definition) is 2. The lowest BCUT2D eigenvalue weighted by Gasteiger charge is -2.09. The summed E-state index contributed by atoms with van der Waals surface area (Å²) in [6.45, 7) is 4.65. The summed E-state index contributed by atoms with van der Waals surface area (Å²) in [4.78, 5) is 18.0. The van der Waals surface area contributed by atoms with Crippen molar-refractivity contribution in [1.82, 2.24) is 20.5 Å². The quantitative estimate of drug-likeness (QED) is 0.575. The van der Waals surface area contributed by atoms with Crippen LogP contribution in [0.2, 0.25) is 0 Å². The van der Waals surface area contributed by atoms with Gasteiger partial charge in [-0.05, 0) is 36.8 Å². The molecule has 2 N–H and O–H groups in total. The van der Waals surface area contributed by atoms with Gasteiger partial charge in [0.2, 0.25) is 11.1 Å². The van der Waals surface area contributed by atoms with Crippen molar-refractivity contribution in [3.8, 4) is 11.4 Å². The van der Waals surface area contributed by atoms with Gasteiger partial charge in [-0.1, -0.05) is 49.0 Å². The zero-order valence-electron chi connectivity index (χ0n) is 14.9. The lowest BCUT2D eigenvalue weighted by Crippen LogP contribution is -2.32. The second kappa shape index (κ2) is 9.00. The summed E-state index contributed by atoms with van der Waals surface area (Å²) in [6, 6.07) is 12.4. The summed E-state index contributed by atoms with van der Waals surface area (Å²) in [7, 11) is 0. The molecule has 0 saturated carbocycles. The van der Waals surface area contributed by atoms with E-state index in [-0.39, 0.29) is 11.2 Å². The molecule has 1 amide bonds. The van der Waals surface area contributed by atoms with Crippen molar-refractivity contribution < 1.29 is 4.79 Å². The number of nitrogens with zero attached hydrogens (tertiary/aromatic N) is 2. The van der Waals surface area contributed by atoms with E-state index in [1.165, 1.54) is 22.2 Å². The summed E-state index contributed by atoms with van der Waals surface area (Å²) in [5, 5.41) is 12.5. The minimum absolute atomic E-state index is 0.00482. The molecule has 0 saturated heterocycles. The molecule has 2 heterocycles. The predicted molar refractivity (Wildman–Crippen MR) is 108 cm³/mol. The molecule has 7 heteroatoms. The van der Waals surface area contributed by atoms with Gasteiger partial charge < -0.3 is 5.32 Å². The zero-order valence-corrected chi connectivity index (χ0v) is 16.5. The molecule has 3 rings (SSSR count). The van der Waals surface area contributed by atoms with Gasteiger partial charge in [-0.15, -0.1) is 16.4 Å². The summed E-state index contributed by atoms with van der Waals surface area (Å²) in [5.74, 6) is 0.727. The number of thioether (sulfide) groups is 1. The van der Waals surface area contributed by atoms with Crippen LogP contribution in [0.15, 0.2) is 46.9 Å². The summed E-state index contributed by atoms with van der Waals surface area (Å²) >= 11 is 3.07. The van der Waals surface area contributed by atoms with Gasteiger partial charge in [-0.3, -0.25) is 9.89 Å². The van der Waals surface area contributed by atoms with Gasteiger partial charge >= 0.3 is 0 Å². The number of aromatic amines is 1. The first-order valence-electron chi connectivity index (χ1n) is 8.64. The maximum atomic E-state index is 12.2. The summed E-state index contributed by atoms with van der Waals surface area (Å²) < 4.78 is 0. The number of benzene rings is 1. The number of nitrogens with one attached hydrogen (secondary N) is 2. The molecule has 0 spiro atoms. The lowest BCUT2D eigenvalue weighted by molar-refractivity contribution is -0.120. The molecule has 1 unspecified atom stereocenters. The molecule has 2 aromatic heterocycles. The van der Waals surface area contributed by atoms with Gasteiger partial charge in [0.05, 0.1) is 5.25 Å². The van der Waals surface area contributed by atoms with Crippen molar-refractivity contribution in [3.05, 3.63) is 52.2 Å². The first kappa shape index (κ1) is 18.7. The van der Waals surface area contributed by atoms with Gasteiger partial charge in [0.25, 0.3) is 0 Å². The number of hydrogen-bond acceptors (Lipinski definition) is 5. The van der Waals surface area contributed by atoms with E-state index in [0.29, 0.717) is 11.7 Å². The third kappa shape index (κ3) is 4.95. The van der Waals surface area contributed by atoms with Crippen molar-refractivity contribution in [1.29, 1.82) is 0 Å². The van der Waals surface area contributed by atoms with Gasteiger partial charge in [0, 0.05) is 17.0 Å². The highest BCUT2D eigenvalue weighted by molar-refractivity contribution is 8.00. The van der Waals surface area contributed by atoms with Gasteiger partial charge in [-0.25, -0.2) is 4.98 Å². The van der Waals surface area contributed by atoms with Crippen molar-refractivity contribution in [2.24, 2.45) is 0 Å².